The Labute approximate surface area is 133 Å². The van der Waals surface area contributed by atoms with Crippen molar-refractivity contribution in [2.45, 2.75) is 56.0 Å². The lowest BCUT2D eigenvalue weighted by atomic mass is 10.2. The molecule has 0 unspecified atom stereocenters. The third-order valence-electron chi connectivity index (χ3n) is 3.87. The zero-order valence-corrected chi connectivity index (χ0v) is 13.9. The van der Waals surface area contributed by atoms with E-state index < -0.39 is 0 Å². The molecule has 1 atom stereocenters. The molecular weight excluding hydrogens is 302 g/mol. The maximum absolute atomic E-state index is 12.4. The monoisotopic (exact) mass is 323 g/mol. The maximum Gasteiger partial charge on any atom is 0.324 e. The summed E-state index contributed by atoms with van der Waals surface area (Å²) in [6.07, 6.45) is 2.28. The van der Waals surface area contributed by atoms with E-state index in [-0.39, 0.29) is 17.2 Å². The molecule has 0 bridgehead atoms. The third-order valence-corrected chi connectivity index (χ3v) is 4.92. The molecule has 8 heteroatoms. The fraction of sp³-hybridized carbons (Fsp3) is 0.714. The average molecular weight is 323 g/mol. The van der Waals surface area contributed by atoms with Crippen molar-refractivity contribution >= 4 is 23.7 Å². The number of carbonyl (C=O) groups excluding carboxylic acids is 2. The SMILES string of the molecule is CC(C)c1nnc(S[C@H](C)C(=O)N2CCNC2=O)n1C1CC1. The quantitative estimate of drug-likeness (QED) is 0.835. The molecule has 22 heavy (non-hydrogen) atoms. The fourth-order valence-electron chi connectivity index (χ4n) is 2.55. The smallest absolute Gasteiger partial charge is 0.324 e. The zero-order valence-electron chi connectivity index (χ0n) is 13.1. The molecule has 1 aliphatic heterocycles. The molecule has 2 fully saturated rings. The van der Waals surface area contributed by atoms with Crippen LogP contribution in [0.1, 0.15) is 51.4 Å². The summed E-state index contributed by atoms with van der Waals surface area (Å²) >= 11 is 1.39. The van der Waals surface area contributed by atoms with Crippen LogP contribution in [0.15, 0.2) is 5.16 Å². The largest absolute Gasteiger partial charge is 0.336 e. The van der Waals surface area contributed by atoms with E-state index >= 15 is 0 Å². The van der Waals surface area contributed by atoms with Crippen molar-refractivity contribution in [3.05, 3.63) is 5.82 Å². The van der Waals surface area contributed by atoms with Crippen molar-refractivity contribution in [2.75, 3.05) is 13.1 Å². The molecule has 1 saturated heterocycles. The first-order valence-electron chi connectivity index (χ1n) is 7.69. The normalized spacial score (nSPS) is 19.6. The maximum atomic E-state index is 12.4. The van der Waals surface area contributed by atoms with Crippen LogP contribution in [-0.2, 0) is 4.79 Å². The standard InChI is InChI=1S/C14H21N5O2S/c1-8(2)11-16-17-14(19(11)10-4-5-10)22-9(3)12(20)18-7-6-15-13(18)21/h8-10H,4-7H2,1-3H3,(H,15,21)/t9-/m1/s1. The van der Waals surface area contributed by atoms with E-state index in [1.807, 2.05) is 6.92 Å². The Kier molecular flexibility index (Phi) is 4.12. The van der Waals surface area contributed by atoms with Crippen LogP contribution in [0.3, 0.4) is 0 Å². The minimum absolute atomic E-state index is 0.170. The number of carbonyl (C=O) groups is 2. The van der Waals surface area contributed by atoms with Crippen molar-refractivity contribution in [1.82, 2.24) is 25.0 Å². The van der Waals surface area contributed by atoms with Crippen molar-refractivity contribution in [2.24, 2.45) is 0 Å². The number of nitrogens with one attached hydrogen (secondary N) is 1. The molecule has 0 spiro atoms. The van der Waals surface area contributed by atoms with Crippen LogP contribution in [0.4, 0.5) is 4.79 Å². The molecule has 2 aliphatic rings. The number of urea groups is 1. The summed E-state index contributed by atoms with van der Waals surface area (Å²) in [4.78, 5) is 25.3. The second kappa shape index (κ2) is 5.91. The highest BCUT2D eigenvalue weighted by atomic mass is 32.2. The molecule has 3 amide bonds. The Balaban J connectivity index is 1.75. The zero-order chi connectivity index (χ0) is 15.9. The van der Waals surface area contributed by atoms with Gasteiger partial charge in [-0.25, -0.2) is 4.79 Å². The number of hydrogen-bond donors (Lipinski definition) is 1. The summed E-state index contributed by atoms with van der Waals surface area (Å²) in [5.41, 5.74) is 0. The van der Waals surface area contributed by atoms with Crippen molar-refractivity contribution in [3.63, 3.8) is 0 Å². The summed E-state index contributed by atoms with van der Waals surface area (Å²) in [5.74, 6) is 1.11. The molecule has 0 radical (unpaired) electrons. The van der Waals surface area contributed by atoms with Gasteiger partial charge in [0.2, 0.25) is 5.91 Å². The van der Waals surface area contributed by atoms with Gasteiger partial charge in [-0.1, -0.05) is 25.6 Å². The van der Waals surface area contributed by atoms with Crippen LogP contribution in [0.25, 0.3) is 0 Å². The number of hydrogen-bond acceptors (Lipinski definition) is 5. The van der Waals surface area contributed by atoms with Gasteiger partial charge in [-0.05, 0) is 19.8 Å². The molecule has 0 aromatic carbocycles. The van der Waals surface area contributed by atoms with Gasteiger partial charge in [0.15, 0.2) is 5.16 Å². The number of aromatic nitrogens is 3. The molecule has 7 nitrogen and oxygen atoms in total. The number of imide groups is 1. The van der Waals surface area contributed by atoms with Gasteiger partial charge in [0.05, 0.1) is 5.25 Å². The number of thioether (sulfide) groups is 1. The summed E-state index contributed by atoms with van der Waals surface area (Å²) in [7, 11) is 0. The fourth-order valence-corrected chi connectivity index (χ4v) is 3.54. The second-order valence-corrected chi connectivity index (χ2v) is 7.39. The number of amides is 3. The first kappa shape index (κ1) is 15.3. The van der Waals surface area contributed by atoms with Gasteiger partial charge in [0.1, 0.15) is 5.82 Å². The van der Waals surface area contributed by atoms with Crippen LogP contribution in [0.2, 0.25) is 0 Å². The Morgan fingerprint density at radius 3 is 2.59 bits per heavy atom. The Morgan fingerprint density at radius 2 is 2.05 bits per heavy atom. The Bertz CT molecular complexity index is 596. The molecule has 1 aromatic rings. The molecular formula is C14H21N5O2S. The van der Waals surface area contributed by atoms with Gasteiger partial charge in [-0.2, -0.15) is 0 Å². The topological polar surface area (TPSA) is 80.1 Å². The highest BCUT2D eigenvalue weighted by Crippen LogP contribution is 2.40. The van der Waals surface area contributed by atoms with Gasteiger partial charge in [-0.15, -0.1) is 10.2 Å². The third kappa shape index (κ3) is 2.84. The van der Waals surface area contributed by atoms with Crippen LogP contribution in [0.5, 0.6) is 0 Å². The summed E-state index contributed by atoms with van der Waals surface area (Å²) < 4.78 is 2.17. The van der Waals surface area contributed by atoms with Crippen molar-refractivity contribution in [1.29, 1.82) is 0 Å². The highest BCUT2D eigenvalue weighted by molar-refractivity contribution is 8.00. The predicted octanol–water partition coefficient (Wildman–Crippen LogP) is 1.77. The van der Waals surface area contributed by atoms with E-state index in [0.29, 0.717) is 25.0 Å². The summed E-state index contributed by atoms with van der Waals surface area (Å²) in [6.45, 7) is 6.98. The van der Waals surface area contributed by atoms with Crippen molar-refractivity contribution < 1.29 is 9.59 Å². The molecule has 1 aromatic heterocycles. The van der Waals surface area contributed by atoms with Gasteiger partial charge in [-0.3, -0.25) is 9.69 Å². The Morgan fingerprint density at radius 1 is 1.32 bits per heavy atom. The van der Waals surface area contributed by atoms with Gasteiger partial charge >= 0.3 is 6.03 Å². The lowest BCUT2D eigenvalue weighted by Crippen LogP contribution is -2.39. The molecule has 1 N–H and O–H groups in total. The molecule has 1 saturated carbocycles. The van der Waals surface area contributed by atoms with Gasteiger partial charge in [0, 0.05) is 25.0 Å². The van der Waals surface area contributed by atoms with Crippen LogP contribution >= 0.6 is 11.8 Å². The number of rotatable bonds is 5. The van der Waals surface area contributed by atoms with Crippen LogP contribution in [-0.4, -0.2) is 49.9 Å². The lowest BCUT2D eigenvalue weighted by Gasteiger charge is -2.18. The average Bonchev–Trinajstić information content (AvgIpc) is 3.08. The van der Waals surface area contributed by atoms with Gasteiger partial charge < -0.3 is 9.88 Å². The molecule has 1 aliphatic carbocycles. The van der Waals surface area contributed by atoms with E-state index in [1.165, 1.54) is 16.7 Å². The highest BCUT2D eigenvalue weighted by Gasteiger charge is 2.34. The first-order chi connectivity index (χ1) is 10.5. The lowest BCUT2D eigenvalue weighted by molar-refractivity contribution is -0.126. The van der Waals surface area contributed by atoms with Crippen molar-refractivity contribution in [3.8, 4) is 0 Å². The number of nitrogens with zero attached hydrogens (tertiary/aromatic N) is 4. The van der Waals surface area contributed by atoms with E-state index in [0.717, 1.165) is 23.8 Å². The van der Waals surface area contributed by atoms with Crippen LogP contribution in [0, 0.1) is 0 Å². The van der Waals surface area contributed by atoms with Crippen LogP contribution < -0.4 is 5.32 Å². The predicted molar refractivity (Wildman–Crippen MR) is 82.8 cm³/mol. The Hall–Kier alpha value is -1.57. The second-order valence-electron chi connectivity index (χ2n) is 6.08. The summed E-state index contributed by atoms with van der Waals surface area (Å²) in [5, 5.41) is 11.6. The minimum Gasteiger partial charge on any atom is -0.336 e. The first-order valence-corrected chi connectivity index (χ1v) is 8.57. The van der Waals surface area contributed by atoms with E-state index in [4.69, 9.17) is 0 Å². The van der Waals surface area contributed by atoms with Gasteiger partial charge in [0.25, 0.3) is 0 Å². The minimum atomic E-state index is -0.356. The van der Waals surface area contributed by atoms with E-state index in [1.54, 1.807) is 0 Å². The summed E-state index contributed by atoms with van der Waals surface area (Å²) in [6, 6.07) is 0.163. The molecule has 2 heterocycles. The van der Waals surface area contributed by atoms with E-state index in [2.05, 4.69) is 33.9 Å². The molecule has 3 rings (SSSR count). The molecule has 120 valence electrons. The van der Waals surface area contributed by atoms with E-state index in [9.17, 15) is 9.59 Å².